The van der Waals surface area contributed by atoms with Crippen LogP contribution in [0.2, 0.25) is 0 Å². The molecular formula is C22H39NO. The molecule has 0 N–H and O–H groups in total. The van der Waals surface area contributed by atoms with Gasteiger partial charge < -0.3 is 4.90 Å². The summed E-state index contributed by atoms with van der Waals surface area (Å²) in [7, 11) is 0. The van der Waals surface area contributed by atoms with Crippen LogP contribution in [0.1, 0.15) is 82.6 Å². The first-order valence-corrected chi connectivity index (χ1v) is 9.60. The number of amides is 1. The molecule has 24 heavy (non-hydrogen) atoms. The van der Waals surface area contributed by atoms with Gasteiger partial charge >= 0.3 is 0 Å². The standard InChI is InChI=1S/C22H39NO/c1-13(2)19-17(22(9,10)11)12-18(24)23(16(7)8)21(15(5)6)20(19)14(3)4/h13-16H,12H2,1-11H3. The molecule has 1 amide bonds. The summed E-state index contributed by atoms with van der Waals surface area (Å²) in [6, 6.07) is 0.191. The maximum Gasteiger partial charge on any atom is 0.231 e. The highest BCUT2D eigenvalue weighted by molar-refractivity contribution is 5.83. The van der Waals surface area contributed by atoms with Crippen LogP contribution < -0.4 is 0 Å². The summed E-state index contributed by atoms with van der Waals surface area (Å²) in [5, 5.41) is 0. The third kappa shape index (κ3) is 4.13. The Bertz CT molecular complexity index is 539. The summed E-state index contributed by atoms with van der Waals surface area (Å²) in [5.41, 5.74) is 5.41. The molecule has 0 unspecified atom stereocenters. The normalized spacial score (nSPS) is 18.0. The van der Waals surface area contributed by atoms with E-state index >= 15 is 0 Å². The number of carbonyl (C=O) groups excluding carboxylic acids is 1. The third-order valence-corrected chi connectivity index (χ3v) is 4.87. The van der Waals surface area contributed by atoms with Crippen molar-refractivity contribution in [3.05, 3.63) is 22.4 Å². The van der Waals surface area contributed by atoms with Gasteiger partial charge in [0.25, 0.3) is 0 Å². The van der Waals surface area contributed by atoms with Crippen molar-refractivity contribution in [3.63, 3.8) is 0 Å². The van der Waals surface area contributed by atoms with Crippen LogP contribution in [0.5, 0.6) is 0 Å². The first-order chi connectivity index (χ1) is 10.8. The SMILES string of the molecule is CC(C)C1=C(C(C)C)N(C(C)C)C(=O)CC(C(C)(C)C)=C1C(C)C. The predicted octanol–water partition coefficient (Wildman–Crippen LogP) is 6.19. The van der Waals surface area contributed by atoms with E-state index < -0.39 is 0 Å². The minimum atomic E-state index is 0.00445. The molecule has 1 heterocycles. The Morgan fingerprint density at radius 2 is 1.25 bits per heavy atom. The van der Waals surface area contributed by atoms with Crippen LogP contribution in [0, 0.1) is 23.2 Å². The van der Waals surface area contributed by atoms with Crippen molar-refractivity contribution < 1.29 is 4.79 Å². The molecule has 0 aliphatic carbocycles. The van der Waals surface area contributed by atoms with Crippen molar-refractivity contribution in [1.82, 2.24) is 4.90 Å². The van der Waals surface area contributed by atoms with E-state index in [9.17, 15) is 4.79 Å². The maximum absolute atomic E-state index is 13.2. The summed E-state index contributed by atoms with van der Waals surface area (Å²) in [6.07, 6.45) is 0.543. The lowest BCUT2D eigenvalue weighted by molar-refractivity contribution is -0.130. The Morgan fingerprint density at radius 1 is 0.792 bits per heavy atom. The molecule has 0 aromatic rings. The third-order valence-electron chi connectivity index (χ3n) is 4.87. The number of nitrogens with zero attached hydrogens (tertiary/aromatic N) is 1. The zero-order valence-electron chi connectivity index (χ0n) is 17.9. The van der Waals surface area contributed by atoms with Gasteiger partial charge in [0.1, 0.15) is 0 Å². The molecule has 0 radical (unpaired) electrons. The van der Waals surface area contributed by atoms with Crippen molar-refractivity contribution in [2.75, 3.05) is 0 Å². The average Bonchev–Trinajstić information content (AvgIpc) is 2.51. The molecule has 1 aliphatic rings. The van der Waals surface area contributed by atoms with Crippen LogP contribution in [0.25, 0.3) is 0 Å². The van der Waals surface area contributed by atoms with Gasteiger partial charge in [0.05, 0.1) is 0 Å². The fourth-order valence-electron chi connectivity index (χ4n) is 3.99. The first-order valence-electron chi connectivity index (χ1n) is 9.60. The second kappa shape index (κ2) is 7.45. The molecule has 0 saturated heterocycles. The lowest BCUT2D eigenvalue weighted by atomic mass is 9.74. The van der Waals surface area contributed by atoms with Crippen LogP contribution in [0.3, 0.4) is 0 Å². The molecule has 0 aromatic heterocycles. The minimum Gasteiger partial charge on any atom is -0.313 e. The second-order valence-corrected chi connectivity index (χ2v) is 9.44. The fourth-order valence-corrected chi connectivity index (χ4v) is 3.99. The van der Waals surface area contributed by atoms with E-state index in [1.807, 2.05) is 0 Å². The number of hydrogen-bond donors (Lipinski definition) is 0. The quantitative estimate of drug-likeness (QED) is 0.600. The first kappa shape index (κ1) is 21.0. The van der Waals surface area contributed by atoms with Crippen LogP contribution in [0.15, 0.2) is 22.4 Å². The van der Waals surface area contributed by atoms with E-state index in [0.29, 0.717) is 24.2 Å². The Balaban J connectivity index is 3.94. The van der Waals surface area contributed by atoms with E-state index in [0.717, 1.165) is 0 Å². The van der Waals surface area contributed by atoms with Crippen LogP contribution >= 0.6 is 0 Å². The fraction of sp³-hybridized carbons (Fsp3) is 0.773. The van der Waals surface area contributed by atoms with Crippen molar-refractivity contribution >= 4 is 5.91 Å². The summed E-state index contributed by atoms with van der Waals surface area (Å²) in [5.74, 6) is 1.42. The van der Waals surface area contributed by atoms with Crippen molar-refractivity contribution in [2.24, 2.45) is 23.2 Å². The number of carbonyl (C=O) groups is 1. The Hall–Kier alpha value is -1.05. The lowest BCUT2D eigenvalue weighted by Gasteiger charge is -2.34. The molecule has 1 aliphatic heterocycles. The number of rotatable bonds is 4. The molecule has 0 fully saturated rings. The predicted molar refractivity (Wildman–Crippen MR) is 105 cm³/mol. The van der Waals surface area contributed by atoms with E-state index in [1.54, 1.807) is 0 Å². The molecule has 2 nitrogen and oxygen atoms in total. The van der Waals surface area contributed by atoms with Gasteiger partial charge in [-0.15, -0.1) is 0 Å². The minimum absolute atomic E-state index is 0.00445. The van der Waals surface area contributed by atoms with E-state index in [4.69, 9.17) is 0 Å². The summed E-state index contributed by atoms with van der Waals surface area (Å²) in [4.78, 5) is 15.3. The highest BCUT2D eigenvalue weighted by Gasteiger charge is 2.37. The van der Waals surface area contributed by atoms with Crippen LogP contribution in [0.4, 0.5) is 0 Å². The molecule has 0 bridgehead atoms. The van der Waals surface area contributed by atoms with Gasteiger partial charge in [-0.05, 0) is 48.2 Å². The van der Waals surface area contributed by atoms with Crippen molar-refractivity contribution in [1.29, 1.82) is 0 Å². The maximum atomic E-state index is 13.2. The molecule has 138 valence electrons. The van der Waals surface area contributed by atoms with Gasteiger partial charge in [-0.2, -0.15) is 0 Å². The van der Waals surface area contributed by atoms with Gasteiger partial charge in [0.15, 0.2) is 0 Å². The molecule has 0 atom stereocenters. The largest absolute Gasteiger partial charge is 0.313 e. The number of hydrogen-bond acceptors (Lipinski definition) is 1. The highest BCUT2D eigenvalue weighted by atomic mass is 16.2. The van der Waals surface area contributed by atoms with Gasteiger partial charge in [0, 0.05) is 18.2 Å². The zero-order valence-corrected chi connectivity index (χ0v) is 17.9. The zero-order chi connectivity index (χ0) is 19.0. The van der Waals surface area contributed by atoms with Gasteiger partial charge in [0.2, 0.25) is 5.91 Å². The molecule has 0 saturated carbocycles. The monoisotopic (exact) mass is 333 g/mol. The van der Waals surface area contributed by atoms with Gasteiger partial charge in [-0.3, -0.25) is 4.79 Å². The van der Waals surface area contributed by atoms with E-state index in [1.165, 1.54) is 22.4 Å². The van der Waals surface area contributed by atoms with Crippen LogP contribution in [-0.2, 0) is 4.79 Å². The highest BCUT2D eigenvalue weighted by Crippen LogP contribution is 2.44. The number of allylic oxidation sites excluding steroid dienone is 3. The average molecular weight is 334 g/mol. The van der Waals surface area contributed by atoms with Gasteiger partial charge in [-0.1, -0.05) is 67.9 Å². The smallest absolute Gasteiger partial charge is 0.231 e. The topological polar surface area (TPSA) is 20.3 Å². The second-order valence-electron chi connectivity index (χ2n) is 9.44. The lowest BCUT2D eigenvalue weighted by Crippen LogP contribution is -2.38. The van der Waals surface area contributed by atoms with Gasteiger partial charge in [-0.25, -0.2) is 0 Å². The molecule has 2 heteroatoms. The Kier molecular flexibility index (Phi) is 6.52. The van der Waals surface area contributed by atoms with Crippen LogP contribution in [-0.4, -0.2) is 16.8 Å². The molecule has 0 spiro atoms. The molecular weight excluding hydrogens is 294 g/mol. The van der Waals surface area contributed by atoms with E-state index in [-0.39, 0.29) is 17.4 Å². The summed E-state index contributed by atoms with van der Waals surface area (Å²) in [6.45, 7) is 24.5. The van der Waals surface area contributed by atoms with E-state index in [2.05, 4.69) is 81.1 Å². The van der Waals surface area contributed by atoms with Crippen molar-refractivity contribution in [3.8, 4) is 0 Å². The Morgan fingerprint density at radius 3 is 1.54 bits per heavy atom. The Labute approximate surface area is 150 Å². The molecule has 0 aromatic carbocycles. The summed E-state index contributed by atoms with van der Waals surface area (Å²) < 4.78 is 0. The molecule has 1 rings (SSSR count). The van der Waals surface area contributed by atoms with Crippen molar-refractivity contribution in [2.45, 2.75) is 88.6 Å². The summed E-state index contributed by atoms with van der Waals surface area (Å²) >= 11 is 0.